The first-order valence-electron chi connectivity index (χ1n) is 5.81. The van der Waals surface area contributed by atoms with Crippen LogP contribution in [0.3, 0.4) is 0 Å². The summed E-state index contributed by atoms with van der Waals surface area (Å²) in [5.41, 5.74) is 6.97. The monoisotopic (exact) mass is 286 g/mol. The Hall–Kier alpha value is -0.710. The van der Waals surface area contributed by atoms with E-state index in [1.807, 2.05) is 35.2 Å². The molecule has 5 heteroatoms. The number of benzene rings is 1. The molecule has 1 aliphatic heterocycles. The zero-order valence-electron chi connectivity index (χ0n) is 10.5. The zero-order valence-corrected chi connectivity index (χ0v) is 12.1. The molecule has 1 aromatic rings. The second-order valence-electron chi connectivity index (χ2n) is 3.93. The third-order valence-corrected chi connectivity index (χ3v) is 3.71. The highest BCUT2D eigenvalue weighted by Gasteiger charge is 2.23. The molecular weight excluding hydrogens is 268 g/mol. The number of halogens is 1. The molecule has 0 saturated carbocycles. The number of hydrogen-bond donors (Lipinski definition) is 1. The van der Waals surface area contributed by atoms with Gasteiger partial charge in [0.25, 0.3) is 0 Å². The summed E-state index contributed by atoms with van der Waals surface area (Å²) in [6, 6.07) is 9.71. The van der Waals surface area contributed by atoms with Crippen molar-refractivity contribution in [3.8, 4) is 0 Å². The third-order valence-electron chi connectivity index (χ3n) is 2.65. The van der Waals surface area contributed by atoms with Crippen molar-refractivity contribution in [1.82, 2.24) is 4.90 Å². The third kappa shape index (κ3) is 4.52. The molecule has 1 atom stereocenters. The molecule has 1 aromatic carbocycles. The Bertz CT molecular complexity index is 361. The number of hydrogen-bond acceptors (Lipinski definition) is 3. The molecular formula is C13H19ClN2OS. The fourth-order valence-electron chi connectivity index (χ4n) is 1.76. The number of carbonyl (C=O) groups is 1. The molecule has 2 rings (SSSR count). The average Bonchev–Trinajstić information content (AvgIpc) is 2.58. The van der Waals surface area contributed by atoms with Crippen LogP contribution in [0.1, 0.15) is 5.56 Å². The van der Waals surface area contributed by atoms with E-state index < -0.39 is 0 Å². The molecule has 100 valence electrons. The molecule has 0 spiro atoms. The fourth-order valence-corrected chi connectivity index (χ4v) is 2.67. The van der Waals surface area contributed by atoms with Gasteiger partial charge in [-0.3, -0.25) is 4.79 Å². The average molecular weight is 287 g/mol. The van der Waals surface area contributed by atoms with Crippen molar-refractivity contribution in [3.05, 3.63) is 35.9 Å². The SMILES string of the molecule is CCl.NC1CSCCN(Cc2ccccc2)C1=O. The largest absolute Gasteiger partial charge is 0.336 e. The summed E-state index contributed by atoms with van der Waals surface area (Å²) in [4.78, 5) is 13.8. The molecule has 1 saturated heterocycles. The number of carbonyl (C=O) groups excluding carboxylic acids is 1. The molecule has 1 aliphatic rings. The molecule has 0 aliphatic carbocycles. The van der Waals surface area contributed by atoms with Gasteiger partial charge in [-0.15, -0.1) is 11.6 Å². The van der Waals surface area contributed by atoms with Gasteiger partial charge in [-0.25, -0.2) is 0 Å². The Morgan fingerprint density at radius 1 is 1.39 bits per heavy atom. The van der Waals surface area contributed by atoms with Crippen LogP contribution in [-0.2, 0) is 11.3 Å². The van der Waals surface area contributed by atoms with E-state index in [9.17, 15) is 4.79 Å². The maximum atomic E-state index is 11.9. The van der Waals surface area contributed by atoms with E-state index in [1.54, 1.807) is 11.8 Å². The lowest BCUT2D eigenvalue weighted by molar-refractivity contribution is -0.132. The standard InChI is InChI=1S/C12H16N2OS.CH3Cl/c13-11-9-16-7-6-14(12(11)15)8-10-4-2-1-3-5-10;1-2/h1-5,11H,6-9,13H2;1H3. The number of alkyl halides is 1. The van der Waals surface area contributed by atoms with E-state index in [4.69, 9.17) is 5.73 Å². The Balaban J connectivity index is 0.000000771. The lowest BCUT2D eigenvalue weighted by Gasteiger charge is -2.22. The highest BCUT2D eigenvalue weighted by molar-refractivity contribution is 7.99. The van der Waals surface area contributed by atoms with Gasteiger partial charge in [0.05, 0.1) is 6.04 Å². The molecule has 3 nitrogen and oxygen atoms in total. The minimum atomic E-state index is -0.337. The minimum absolute atomic E-state index is 0.0776. The van der Waals surface area contributed by atoms with Gasteiger partial charge in [-0.2, -0.15) is 11.8 Å². The van der Waals surface area contributed by atoms with Crippen molar-refractivity contribution in [1.29, 1.82) is 0 Å². The Labute approximate surface area is 118 Å². The van der Waals surface area contributed by atoms with Gasteiger partial charge < -0.3 is 10.6 Å². The molecule has 18 heavy (non-hydrogen) atoms. The van der Waals surface area contributed by atoms with Crippen LogP contribution in [0.25, 0.3) is 0 Å². The number of amides is 1. The smallest absolute Gasteiger partial charge is 0.240 e. The number of nitrogens with zero attached hydrogens (tertiary/aromatic N) is 1. The van der Waals surface area contributed by atoms with E-state index in [0.717, 1.165) is 23.6 Å². The first-order chi connectivity index (χ1) is 8.77. The van der Waals surface area contributed by atoms with Crippen LogP contribution in [0.15, 0.2) is 30.3 Å². The van der Waals surface area contributed by atoms with E-state index in [1.165, 1.54) is 6.38 Å². The second-order valence-corrected chi connectivity index (χ2v) is 5.08. The Morgan fingerprint density at radius 3 is 2.72 bits per heavy atom. The normalized spacial score (nSPS) is 19.8. The first-order valence-corrected chi connectivity index (χ1v) is 7.72. The first kappa shape index (κ1) is 15.3. The number of nitrogens with two attached hydrogens (primary N) is 1. The summed E-state index contributed by atoms with van der Waals surface area (Å²) in [5, 5.41) is 0. The topological polar surface area (TPSA) is 46.3 Å². The van der Waals surface area contributed by atoms with Crippen molar-refractivity contribution < 1.29 is 4.79 Å². The van der Waals surface area contributed by atoms with E-state index in [2.05, 4.69) is 11.6 Å². The summed E-state index contributed by atoms with van der Waals surface area (Å²) >= 11 is 6.39. The van der Waals surface area contributed by atoms with Gasteiger partial charge in [0.15, 0.2) is 0 Å². The van der Waals surface area contributed by atoms with Crippen molar-refractivity contribution in [3.63, 3.8) is 0 Å². The van der Waals surface area contributed by atoms with Gasteiger partial charge in [-0.1, -0.05) is 30.3 Å². The summed E-state index contributed by atoms with van der Waals surface area (Å²) < 4.78 is 0. The molecule has 0 radical (unpaired) electrons. The van der Waals surface area contributed by atoms with Crippen LogP contribution in [0.4, 0.5) is 0 Å². The number of thioether (sulfide) groups is 1. The molecule has 0 bridgehead atoms. The quantitative estimate of drug-likeness (QED) is 0.845. The van der Waals surface area contributed by atoms with Crippen molar-refractivity contribution in [2.45, 2.75) is 12.6 Å². The highest BCUT2D eigenvalue weighted by Crippen LogP contribution is 2.13. The van der Waals surface area contributed by atoms with E-state index in [0.29, 0.717) is 6.54 Å². The van der Waals surface area contributed by atoms with Crippen molar-refractivity contribution in [2.24, 2.45) is 5.73 Å². The Kier molecular flexibility index (Phi) is 7.16. The predicted molar refractivity (Wildman–Crippen MR) is 78.9 cm³/mol. The minimum Gasteiger partial charge on any atom is -0.336 e. The number of rotatable bonds is 2. The predicted octanol–water partition coefficient (Wildman–Crippen LogP) is 1.94. The van der Waals surface area contributed by atoms with Crippen LogP contribution < -0.4 is 5.73 Å². The maximum Gasteiger partial charge on any atom is 0.240 e. The molecule has 0 aromatic heterocycles. The summed E-state index contributed by atoms with van der Waals surface area (Å²) in [5.74, 6) is 1.80. The molecule has 1 fully saturated rings. The zero-order chi connectivity index (χ0) is 13.4. The van der Waals surface area contributed by atoms with Crippen molar-refractivity contribution >= 4 is 29.3 Å². The molecule has 1 unspecified atom stereocenters. The van der Waals surface area contributed by atoms with Gasteiger partial charge in [0.1, 0.15) is 0 Å². The molecule has 1 heterocycles. The lowest BCUT2D eigenvalue weighted by Crippen LogP contribution is -2.43. The van der Waals surface area contributed by atoms with Gasteiger partial charge in [0, 0.05) is 31.0 Å². The van der Waals surface area contributed by atoms with Crippen LogP contribution >= 0.6 is 23.4 Å². The summed E-state index contributed by atoms with van der Waals surface area (Å²) in [7, 11) is 0. The lowest BCUT2D eigenvalue weighted by atomic mass is 10.2. The van der Waals surface area contributed by atoms with Gasteiger partial charge in [0.2, 0.25) is 5.91 Å². The summed E-state index contributed by atoms with van der Waals surface area (Å²) in [6.07, 6.45) is 1.47. The van der Waals surface area contributed by atoms with E-state index in [-0.39, 0.29) is 11.9 Å². The molecule has 1 amide bonds. The van der Waals surface area contributed by atoms with Crippen LogP contribution in [0, 0.1) is 0 Å². The molecule has 2 N–H and O–H groups in total. The van der Waals surface area contributed by atoms with Crippen LogP contribution in [0.5, 0.6) is 0 Å². The Morgan fingerprint density at radius 2 is 2.06 bits per heavy atom. The fraction of sp³-hybridized carbons (Fsp3) is 0.462. The van der Waals surface area contributed by atoms with Gasteiger partial charge in [-0.05, 0) is 5.56 Å². The van der Waals surface area contributed by atoms with Crippen LogP contribution in [0.2, 0.25) is 0 Å². The van der Waals surface area contributed by atoms with Crippen LogP contribution in [-0.4, -0.2) is 41.3 Å². The second kappa shape index (κ2) is 8.40. The van der Waals surface area contributed by atoms with Crippen molar-refractivity contribution in [2.75, 3.05) is 24.4 Å². The maximum absolute atomic E-state index is 11.9. The van der Waals surface area contributed by atoms with E-state index >= 15 is 0 Å². The summed E-state index contributed by atoms with van der Waals surface area (Å²) in [6.45, 7) is 1.47. The van der Waals surface area contributed by atoms with Gasteiger partial charge >= 0.3 is 0 Å². The highest BCUT2D eigenvalue weighted by atomic mass is 35.5.